The number of anilines is 1. The first-order chi connectivity index (χ1) is 11.1. The van der Waals surface area contributed by atoms with Gasteiger partial charge < -0.3 is 9.42 Å². The van der Waals surface area contributed by atoms with Crippen molar-refractivity contribution in [3.63, 3.8) is 0 Å². The van der Waals surface area contributed by atoms with Gasteiger partial charge in [0.2, 0.25) is 11.8 Å². The Morgan fingerprint density at radius 1 is 1.30 bits per heavy atom. The second-order valence-corrected chi connectivity index (χ2v) is 6.45. The fourth-order valence-electron chi connectivity index (χ4n) is 2.92. The Hall–Kier alpha value is -2.17. The van der Waals surface area contributed by atoms with Crippen molar-refractivity contribution in [1.29, 1.82) is 0 Å². The molecule has 1 atom stereocenters. The Morgan fingerprint density at radius 3 is 2.70 bits per heavy atom. The van der Waals surface area contributed by atoms with Crippen LogP contribution in [-0.4, -0.2) is 22.6 Å². The lowest BCUT2D eigenvalue weighted by atomic mass is 10.0. The summed E-state index contributed by atoms with van der Waals surface area (Å²) in [7, 11) is 0. The zero-order valence-electron chi connectivity index (χ0n) is 14.0. The van der Waals surface area contributed by atoms with Crippen molar-refractivity contribution < 1.29 is 9.32 Å². The van der Waals surface area contributed by atoms with Crippen LogP contribution in [0.25, 0.3) is 0 Å². The van der Waals surface area contributed by atoms with E-state index in [2.05, 4.69) is 43.0 Å². The fraction of sp³-hybridized carbons (Fsp3) is 0.500. The molecule has 0 radical (unpaired) electrons. The summed E-state index contributed by atoms with van der Waals surface area (Å²) < 4.78 is 5.34. The normalized spacial score (nSPS) is 18.2. The van der Waals surface area contributed by atoms with Gasteiger partial charge in [0, 0.05) is 25.1 Å². The maximum atomic E-state index is 12.3. The summed E-state index contributed by atoms with van der Waals surface area (Å²) >= 11 is 0. The van der Waals surface area contributed by atoms with Crippen molar-refractivity contribution in [3.05, 3.63) is 41.5 Å². The van der Waals surface area contributed by atoms with E-state index in [-0.39, 0.29) is 11.8 Å². The summed E-state index contributed by atoms with van der Waals surface area (Å²) in [5.74, 6) is 1.91. The quantitative estimate of drug-likeness (QED) is 0.845. The number of amides is 1. The second-order valence-electron chi connectivity index (χ2n) is 6.45. The van der Waals surface area contributed by atoms with Gasteiger partial charge in [0.05, 0.1) is 5.92 Å². The van der Waals surface area contributed by atoms with Gasteiger partial charge in [-0.3, -0.25) is 4.79 Å². The van der Waals surface area contributed by atoms with E-state index in [4.69, 9.17) is 4.52 Å². The molecule has 3 rings (SSSR count). The minimum Gasteiger partial charge on any atom is -0.339 e. The molecule has 23 heavy (non-hydrogen) atoms. The molecular weight excluding hydrogens is 290 g/mol. The van der Waals surface area contributed by atoms with Crippen LogP contribution in [-0.2, 0) is 11.2 Å². The third-order valence-corrected chi connectivity index (χ3v) is 4.30. The Bertz CT molecular complexity index is 676. The number of benzene rings is 1. The van der Waals surface area contributed by atoms with E-state index in [0.717, 1.165) is 24.4 Å². The predicted molar refractivity (Wildman–Crippen MR) is 88.5 cm³/mol. The van der Waals surface area contributed by atoms with Gasteiger partial charge in [-0.1, -0.05) is 38.1 Å². The van der Waals surface area contributed by atoms with E-state index in [9.17, 15) is 4.79 Å². The van der Waals surface area contributed by atoms with E-state index in [1.54, 1.807) is 0 Å². The molecule has 0 saturated carbocycles. The van der Waals surface area contributed by atoms with E-state index in [0.29, 0.717) is 24.8 Å². The highest BCUT2D eigenvalue weighted by molar-refractivity contribution is 5.96. The number of nitrogens with zero attached hydrogens (tertiary/aromatic N) is 3. The van der Waals surface area contributed by atoms with E-state index < -0.39 is 0 Å². The summed E-state index contributed by atoms with van der Waals surface area (Å²) in [6.45, 7) is 7.01. The molecule has 1 unspecified atom stereocenters. The molecule has 1 aromatic heterocycles. The van der Waals surface area contributed by atoms with Crippen LogP contribution < -0.4 is 4.90 Å². The number of carbonyl (C=O) groups excluding carboxylic acids is 1. The highest BCUT2D eigenvalue weighted by atomic mass is 16.5. The summed E-state index contributed by atoms with van der Waals surface area (Å²) in [4.78, 5) is 18.6. The standard InChI is InChI=1S/C18H23N3O2/c1-4-5-16-19-18(23-20-16)14-10-17(22)21(11-14)15-8-6-13(7-9-15)12(2)3/h6-9,12,14H,4-5,10-11H2,1-3H3. The molecular formula is C18H23N3O2. The first kappa shape index (κ1) is 15.7. The van der Waals surface area contributed by atoms with Gasteiger partial charge in [-0.2, -0.15) is 4.98 Å². The largest absolute Gasteiger partial charge is 0.339 e. The van der Waals surface area contributed by atoms with Gasteiger partial charge in [-0.05, 0) is 30.0 Å². The molecule has 1 saturated heterocycles. The first-order valence-electron chi connectivity index (χ1n) is 8.31. The smallest absolute Gasteiger partial charge is 0.232 e. The van der Waals surface area contributed by atoms with Crippen LogP contribution in [0.1, 0.15) is 62.7 Å². The van der Waals surface area contributed by atoms with Gasteiger partial charge in [-0.25, -0.2) is 0 Å². The van der Waals surface area contributed by atoms with Crippen molar-refractivity contribution >= 4 is 11.6 Å². The highest BCUT2D eigenvalue weighted by Gasteiger charge is 2.35. The average molecular weight is 313 g/mol. The van der Waals surface area contributed by atoms with Crippen molar-refractivity contribution in [1.82, 2.24) is 10.1 Å². The summed E-state index contributed by atoms with van der Waals surface area (Å²) in [6.07, 6.45) is 2.22. The molecule has 0 spiro atoms. The van der Waals surface area contributed by atoms with Crippen LogP contribution in [0.5, 0.6) is 0 Å². The van der Waals surface area contributed by atoms with Crippen molar-refractivity contribution in [2.45, 2.75) is 51.9 Å². The fourth-order valence-corrected chi connectivity index (χ4v) is 2.92. The number of aryl methyl sites for hydroxylation is 1. The van der Waals surface area contributed by atoms with Crippen LogP contribution in [0.2, 0.25) is 0 Å². The maximum absolute atomic E-state index is 12.3. The molecule has 5 nitrogen and oxygen atoms in total. The third-order valence-electron chi connectivity index (χ3n) is 4.30. The number of carbonyl (C=O) groups is 1. The third kappa shape index (κ3) is 3.28. The monoisotopic (exact) mass is 313 g/mol. The Labute approximate surface area is 136 Å². The Kier molecular flexibility index (Phi) is 4.46. The van der Waals surface area contributed by atoms with Crippen molar-refractivity contribution in [2.24, 2.45) is 0 Å². The molecule has 1 fully saturated rings. The lowest BCUT2D eigenvalue weighted by Crippen LogP contribution is -2.24. The second kappa shape index (κ2) is 6.52. The van der Waals surface area contributed by atoms with Crippen molar-refractivity contribution in [3.8, 4) is 0 Å². The van der Waals surface area contributed by atoms with Gasteiger partial charge in [0.25, 0.3) is 0 Å². The lowest BCUT2D eigenvalue weighted by molar-refractivity contribution is -0.117. The van der Waals surface area contributed by atoms with Gasteiger partial charge >= 0.3 is 0 Å². The number of hydrogen-bond donors (Lipinski definition) is 0. The molecule has 1 amide bonds. The predicted octanol–water partition coefficient (Wildman–Crippen LogP) is 3.67. The topological polar surface area (TPSA) is 59.2 Å². The van der Waals surface area contributed by atoms with Crippen LogP contribution in [0, 0.1) is 0 Å². The van der Waals surface area contributed by atoms with E-state index >= 15 is 0 Å². The molecule has 0 aliphatic carbocycles. The molecule has 2 heterocycles. The van der Waals surface area contributed by atoms with Gasteiger partial charge in [0.15, 0.2) is 5.82 Å². The minimum atomic E-state index is -0.00891. The Morgan fingerprint density at radius 2 is 2.04 bits per heavy atom. The molecule has 5 heteroatoms. The molecule has 2 aromatic rings. The molecule has 122 valence electrons. The van der Waals surface area contributed by atoms with Crippen LogP contribution in [0.3, 0.4) is 0 Å². The minimum absolute atomic E-state index is 0.00891. The van der Waals surface area contributed by atoms with Gasteiger partial charge in [-0.15, -0.1) is 0 Å². The number of rotatable bonds is 5. The van der Waals surface area contributed by atoms with E-state index in [1.807, 2.05) is 17.0 Å². The molecule has 0 N–H and O–H groups in total. The van der Waals surface area contributed by atoms with Gasteiger partial charge in [0.1, 0.15) is 0 Å². The summed E-state index contributed by atoms with van der Waals surface area (Å²) in [5.41, 5.74) is 2.22. The maximum Gasteiger partial charge on any atom is 0.232 e. The molecule has 1 aliphatic heterocycles. The SMILES string of the molecule is CCCc1noc(C2CC(=O)N(c3ccc(C(C)C)cc3)C2)n1. The van der Waals surface area contributed by atoms with Crippen LogP contribution in [0.15, 0.2) is 28.8 Å². The van der Waals surface area contributed by atoms with Crippen LogP contribution >= 0.6 is 0 Å². The zero-order chi connectivity index (χ0) is 16.4. The molecule has 0 bridgehead atoms. The first-order valence-corrected chi connectivity index (χ1v) is 8.31. The lowest BCUT2D eigenvalue weighted by Gasteiger charge is -2.17. The molecule has 1 aliphatic rings. The molecule has 1 aromatic carbocycles. The highest BCUT2D eigenvalue weighted by Crippen LogP contribution is 2.31. The zero-order valence-corrected chi connectivity index (χ0v) is 14.0. The Balaban J connectivity index is 1.73. The average Bonchev–Trinajstić information content (AvgIpc) is 3.14. The van der Waals surface area contributed by atoms with Crippen molar-refractivity contribution in [2.75, 3.05) is 11.4 Å². The van der Waals surface area contributed by atoms with E-state index in [1.165, 1.54) is 5.56 Å². The summed E-state index contributed by atoms with van der Waals surface area (Å²) in [6, 6.07) is 8.22. The number of hydrogen-bond acceptors (Lipinski definition) is 4. The summed E-state index contributed by atoms with van der Waals surface area (Å²) in [5, 5.41) is 3.99. The van der Waals surface area contributed by atoms with Crippen LogP contribution in [0.4, 0.5) is 5.69 Å². The number of aromatic nitrogens is 2.